The third-order valence-electron chi connectivity index (χ3n) is 6.15. The normalized spacial score (nSPS) is 14.3. The highest BCUT2D eigenvalue weighted by Crippen LogP contribution is 2.28. The van der Waals surface area contributed by atoms with E-state index in [2.05, 4.69) is 15.5 Å². The van der Waals surface area contributed by atoms with Crippen molar-refractivity contribution in [3.8, 4) is 11.5 Å². The van der Waals surface area contributed by atoms with E-state index in [0.29, 0.717) is 22.7 Å². The van der Waals surface area contributed by atoms with E-state index >= 15 is 0 Å². The van der Waals surface area contributed by atoms with Crippen molar-refractivity contribution < 1.29 is 23.9 Å². The summed E-state index contributed by atoms with van der Waals surface area (Å²) in [5.74, 6) is 0.0593. The maximum absolute atomic E-state index is 12.8. The highest BCUT2D eigenvalue weighted by atomic mass is 16.5. The van der Waals surface area contributed by atoms with Gasteiger partial charge in [0.1, 0.15) is 0 Å². The predicted octanol–water partition coefficient (Wildman–Crippen LogP) is 2.59. The largest absolute Gasteiger partial charge is 0.493 e. The number of benzene rings is 2. The minimum Gasteiger partial charge on any atom is -0.493 e. The van der Waals surface area contributed by atoms with Gasteiger partial charge in [-0.05, 0) is 82.1 Å². The minimum absolute atomic E-state index is 0.00376. The molecule has 3 rings (SSSR count). The molecule has 4 N–H and O–H groups in total. The number of nitrogens with zero attached hydrogens (tertiary/aromatic N) is 1. The summed E-state index contributed by atoms with van der Waals surface area (Å²) in [6, 6.07) is 12.6. The molecule has 9 nitrogen and oxygen atoms in total. The van der Waals surface area contributed by atoms with E-state index < -0.39 is 0 Å². The van der Waals surface area contributed by atoms with Gasteiger partial charge in [0.2, 0.25) is 5.91 Å². The van der Waals surface area contributed by atoms with Crippen LogP contribution >= 0.6 is 0 Å². The molecular formula is C27H36N4O5. The van der Waals surface area contributed by atoms with Crippen molar-refractivity contribution in [2.45, 2.75) is 39.2 Å². The molecule has 1 aliphatic heterocycles. The Kier molecular flexibility index (Phi) is 9.69. The van der Waals surface area contributed by atoms with Gasteiger partial charge in [0.15, 0.2) is 18.1 Å². The van der Waals surface area contributed by atoms with Crippen molar-refractivity contribution in [2.75, 3.05) is 38.7 Å². The highest BCUT2D eigenvalue weighted by Gasteiger charge is 2.22. The number of amides is 3. The maximum atomic E-state index is 12.8. The molecule has 1 aliphatic rings. The number of hydrogen-bond donors (Lipinski definition) is 3. The molecule has 0 aromatic heterocycles. The molecule has 194 valence electrons. The minimum atomic E-state index is -0.275. The van der Waals surface area contributed by atoms with E-state index in [9.17, 15) is 14.4 Å². The monoisotopic (exact) mass is 496 g/mol. The van der Waals surface area contributed by atoms with Crippen LogP contribution < -0.4 is 25.8 Å². The fourth-order valence-electron chi connectivity index (χ4n) is 4.12. The molecule has 0 aliphatic carbocycles. The zero-order valence-electron chi connectivity index (χ0n) is 21.2. The lowest BCUT2D eigenvalue weighted by Gasteiger charge is -2.30. The summed E-state index contributed by atoms with van der Waals surface area (Å²) in [6.45, 7) is 6.30. The van der Waals surface area contributed by atoms with Crippen LogP contribution in [0.3, 0.4) is 0 Å². The number of piperidine rings is 1. The Morgan fingerprint density at radius 3 is 2.36 bits per heavy atom. The second kappa shape index (κ2) is 12.9. The first-order valence-corrected chi connectivity index (χ1v) is 12.3. The number of rotatable bonds is 11. The molecule has 0 atom stereocenters. The topological polar surface area (TPSA) is 123 Å². The van der Waals surface area contributed by atoms with Gasteiger partial charge in [-0.3, -0.25) is 14.4 Å². The Balaban J connectivity index is 1.50. The fraction of sp³-hybridized carbons (Fsp3) is 0.444. The molecule has 3 amide bonds. The molecule has 1 heterocycles. The number of nitrogens with one attached hydrogen (secondary N) is 2. The first-order valence-electron chi connectivity index (χ1n) is 12.3. The number of primary amides is 1. The van der Waals surface area contributed by atoms with Gasteiger partial charge >= 0.3 is 0 Å². The summed E-state index contributed by atoms with van der Waals surface area (Å²) in [7, 11) is 1.48. The molecule has 36 heavy (non-hydrogen) atoms. The van der Waals surface area contributed by atoms with Gasteiger partial charge in [-0.1, -0.05) is 12.1 Å². The molecule has 9 heteroatoms. The molecule has 2 aromatic rings. The van der Waals surface area contributed by atoms with Crippen LogP contribution in [0.15, 0.2) is 42.5 Å². The molecule has 0 spiro atoms. The molecule has 0 unspecified atom stereocenters. The molecule has 1 fully saturated rings. The lowest BCUT2D eigenvalue weighted by atomic mass is 9.96. The van der Waals surface area contributed by atoms with Gasteiger partial charge in [0.25, 0.3) is 11.8 Å². The Bertz CT molecular complexity index is 1050. The third kappa shape index (κ3) is 7.98. The van der Waals surface area contributed by atoms with Crippen molar-refractivity contribution in [2.24, 2.45) is 11.7 Å². The summed E-state index contributed by atoms with van der Waals surface area (Å²) in [6.07, 6.45) is 2.54. The molecule has 1 saturated heterocycles. The van der Waals surface area contributed by atoms with Crippen LogP contribution in [0.4, 0.5) is 5.69 Å². The van der Waals surface area contributed by atoms with Crippen LogP contribution in [0.1, 0.15) is 42.6 Å². The third-order valence-corrected chi connectivity index (χ3v) is 6.15. The number of methoxy groups -OCH3 is 1. The number of anilines is 1. The van der Waals surface area contributed by atoms with Crippen molar-refractivity contribution in [1.29, 1.82) is 0 Å². The smallest absolute Gasteiger partial charge is 0.258 e. The average Bonchev–Trinajstić information content (AvgIpc) is 2.86. The molecule has 0 radical (unpaired) electrons. The zero-order valence-corrected chi connectivity index (χ0v) is 21.2. The first-order chi connectivity index (χ1) is 17.2. The highest BCUT2D eigenvalue weighted by molar-refractivity contribution is 6.04. The maximum Gasteiger partial charge on any atom is 0.258 e. The van der Waals surface area contributed by atoms with Crippen molar-refractivity contribution in [3.05, 3.63) is 53.6 Å². The Morgan fingerprint density at radius 1 is 1.06 bits per heavy atom. The number of carbonyl (C=O) groups is 3. The lowest BCUT2D eigenvalue weighted by Crippen LogP contribution is -2.39. The summed E-state index contributed by atoms with van der Waals surface area (Å²) < 4.78 is 10.9. The second-order valence-corrected chi connectivity index (χ2v) is 9.30. The van der Waals surface area contributed by atoms with Crippen LogP contribution in [0.5, 0.6) is 11.5 Å². The Morgan fingerprint density at radius 2 is 1.75 bits per heavy atom. The van der Waals surface area contributed by atoms with Crippen molar-refractivity contribution in [1.82, 2.24) is 10.2 Å². The first kappa shape index (κ1) is 27.0. The predicted molar refractivity (Wildman–Crippen MR) is 138 cm³/mol. The van der Waals surface area contributed by atoms with Crippen LogP contribution in [0, 0.1) is 5.92 Å². The van der Waals surface area contributed by atoms with Crippen LogP contribution in [-0.4, -0.2) is 62.0 Å². The van der Waals surface area contributed by atoms with E-state index in [1.165, 1.54) is 12.7 Å². The Hall–Kier alpha value is -3.59. The molecular weight excluding hydrogens is 460 g/mol. The quantitative estimate of drug-likeness (QED) is 0.439. The summed E-state index contributed by atoms with van der Waals surface area (Å²) in [5, 5.41) is 5.65. The van der Waals surface area contributed by atoms with E-state index in [1.807, 2.05) is 38.1 Å². The van der Waals surface area contributed by atoms with E-state index in [1.54, 1.807) is 18.2 Å². The standard InChI is InChI=1S/C27H36N4O5/c1-18(2)29-25(32)17-36-23-9-6-21(16-24(23)35-3)27(34)30-22-7-4-19(5-8-22)10-13-31-14-11-20(12-15-31)26(28)33/h4-9,16,18,20H,10-15,17H2,1-3H3,(H2,28,33)(H,29,32)(H,30,34). The number of hydrogen-bond acceptors (Lipinski definition) is 6. The number of nitrogens with two attached hydrogens (primary N) is 1. The second-order valence-electron chi connectivity index (χ2n) is 9.30. The van der Waals surface area contributed by atoms with Crippen molar-refractivity contribution in [3.63, 3.8) is 0 Å². The van der Waals surface area contributed by atoms with E-state index in [-0.39, 0.29) is 36.3 Å². The zero-order chi connectivity index (χ0) is 26.1. The Labute approximate surface area is 212 Å². The number of ether oxygens (including phenoxy) is 2. The number of carbonyl (C=O) groups excluding carboxylic acids is 3. The SMILES string of the molecule is COc1cc(C(=O)Nc2ccc(CCN3CCC(C(N)=O)CC3)cc2)ccc1OCC(=O)NC(C)C. The summed E-state index contributed by atoms with van der Waals surface area (Å²) >= 11 is 0. The van der Waals surface area contributed by atoms with Gasteiger partial charge < -0.3 is 30.7 Å². The van der Waals surface area contributed by atoms with E-state index in [0.717, 1.165) is 38.9 Å². The fourth-order valence-corrected chi connectivity index (χ4v) is 4.12. The molecule has 2 aromatic carbocycles. The van der Waals surface area contributed by atoms with Crippen LogP contribution in [0.25, 0.3) is 0 Å². The molecule has 0 saturated carbocycles. The van der Waals surface area contributed by atoms with Crippen molar-refractivity contribution >= 4 is 23.4 Å². The van der Waals surface area contributed by atoms with Gasteiger partial charge in [-0.25, -0.2) is 0 Å². The van der Waals surface area contributed by atoms with Crippen LogP contribution in [-0.2, 0) is 16.0 Å². The average molecular weight is 497 g/mol. The molecule has 0 bridgehead atoms. The van der Waals surface area contributed by atoms with Gasteiger partial charge in [-0.15, -0.1) is 0 Å². The summed E-state index contributed by atoms with van der Waals surface area (Å²) in [5.41, 5.74) is 7.68. The van der Waals surface area contributed by atoms with Crippen LogP contribution in [0.2, 0.25) is 0 Å². The lowest BCUT2D eigenvalue weighted by molar-refractivity contribution is -0.124. The van der Waals surface area contributed by atoms with Gasteiger partial charge in [0, 0.05) is 29.8 Å². The van der Waals surface area contributed by atoms with Gasteiger partial charge in [-0.2, -0.15) is 0 Å². The summed E-state index contributed by atoms with van der Waals surface area (Å²) in [4.78, 5) is 38.3. The van der Waals surface area contributed by atoms with Gasteiger partial charge in [0.05, 0.1) is 7.11 Å². The number of likely N-dealkylation sites (tertiary alicyclic amines) is 1. The van der Waals surface area contributed by atoms with E-state index in [4.69, 9.17) is 15.2 Å².